The molecule has 4 heteroatoms. The van der Waals surface area contributed by atoms with Crippen LogP contribution in [0.25, 0.3) is 10.9 Å². The van der Waals surface area contributed by atoms with Crippen molar-refractivity contribution in [3.8, 4) is 0 Å². The van der Waals surface area contributed by atoms with Gasteiger partial charge in [0.15, 0.2) is 0 Å². The monoisotopic (exact) mass is 348 g/mol. The molecule has 1 aliphatic rings. The van der Waals surface area contributed by atoms with E-state index in [-0.39, 0.29) is 6.10 Å². The summed E-state index contributed by atoms with van der Waals surface area (Å²) in [5.41, 5.74) is 4.84. The summed E-state index contributed by atoms with van der Waals surface area (Å²) in [7, 11) is 0. The summed E-state index contributed by atoms with van der Waals surface area (Å²) in [4.78, 5) is 16.5. The highest BCUT2D eigenvalue weighted by Gasteiger charge is 2.28. The number of para-hydroxylation sites is 1. The smallest absolute Gasteiger partial charge is 0.293 e. The molecule has 3 aromatic rings. The van der Waals surface area contributed by atoms with Crippen molar-refractivity contribution in [1.82, 2.24) is 4.98 Å². The average Bonchev–Trinajstić information content (AvgIpc) is 3.15. The van der Waals surface area contributed by atoms with Gasteiger partial charge in [-0.05, 0) is 56.9 Å². The molecule has 1 fully saturated rings. The number of aryl methyl sites for hydroxylation is 1. The summed E-state index contributed by atoms with van der Waals surface area (Å²) in [6.07, 6.45) is 5.88. The van der Waals surface area contributed by atoms with E-state index in [9.17, 15) is 4.79 Å². The Balaban J connectivity index is 1.72. The van der Waals surface area contributed by atoms with Gasteiger partial charge in [0, 0.05) is 23.3 Å². The fourth-order valence-electron chi connectivity index (χ4n) is 4.04. The third-order valence-electron chi connectivity index (χ3n) is 5.39. The lowest BCUT2D eigenvalue weighted by Crippen LogP contribution is -2.36. The molecule has 0 amide bonds. The molecule has 0 unspecified atom stereocenters. The molecule has 4 rings (SSSR count). The second-order valence-corrected chi connectivity index (χ2v) is 7.09. The molecule has 134 valence electrons. The van der Waals surface area contributed by atoms with Crippen molar-refractivity contribution in [2.75, 3.05) is 4.90 Å². The lowest BCUT2D eigenvalue weighted by molar-refractivity contribution is -0.134. The van der Waals surface area contributed by atoms with Crippen molar-refractivity contribution < 1.29 is 9.53 Å². The van der Waals surface area contributed by atoms with Crippen LogP contribution in [0, 0.1) is 6.92 Å². The van der Waals surface area contributed by atoms with Gasteiger partial charge in [-0.2, -0.15) is 0 Å². The van der Waals surface area contributed by atoms with E-state index >= 15 is 0 Å². The van der Waals surface area contributed by atoms with Crippen molar-refractivity contribution in [2.24, 2.45) is 0 Å². The quantitative estimate of drug-likeness (QED) is 0.653. The number of fused-ring (bicyclic) bond motifs is 1. The first kappa shape index (κ1) is 16.7. The molecule has 1 N–H and O–H groups in total. The van der Waals surface area contributed by atoms with Gasteiger partial charge in [-0.15, -0.1) is 0 Å². The van der Waals surface area contributed by atoms with Crippen LogP contribution in [0.15, 0.2) is 54.7 Å². The molecule has 26 heavy (non-hydrogen) atoms. The number of carbonyl (C=O) groups excluding carboxylic acids is 1. The topological polar surface area (TPSA) is 45.3 Å². The van der Waals surface area contributed by atoms with Gasteiger partial charge in [-0.1, -0.05) is 29.8 Å². The highest BCUT2D eigenvalue weighted by molar-refractivity contribution is 5.93. The first-order valence-electron chi connectivity index (χ1n) is 9.27. The molecule has 1 aromatic heterocycles. The summed E-state index contributed by atoms with van der Waals surface area (Å²) in [6, 6.07) is 17.7. The zero-order chi connectivity index (χ0) is 17.9. The second-order valence-electron chi connectivity index (χ2n) is 7.09. The minimum atomic E-state index is 0.0601. The van der Waals surface area contributed by atoms with E-state index in [1.54, 1.807) is 0 Å². The number of nitrogens with one attached hydrogen (secondary N) is 1. The molecule has 0 spiro atoms. The molecule has 0 aliphatic heterocycles. The van der Waals surface area contributed by atoms with E-state index in [1.165, 1.54) is 27.8 Å². The fraction of sp³-hybridized carbons (Fsp3) is 0.318. The van der Waals surface area contributed by atoms with Crippen molar-refractivity contribution in [3.63, 3.8) is 0 Å². The van der Waals surface area contributed by atoms with E-state index in [0.29, 0.717) is 12.5 Å². The third-order valence-corrected chi connectivity index (χ3v) is 5.39. The molecule has 1 aliphatic carbocycles. The zero-order valence-electron chi connectivity index (χ0n) is 15.0. The number of hydrogen-bond acceptors (Lipinski definition) is 3. The van der Waals surface area contributed by atoms with Crippen LogP contribution in [0.2, 0.25) is 0 Å². The highest BCUT2D eigenvalue weighted by atomic mass is 16.5. The minimum Gasteiger partial charge on any atom is -0.465 e. The normalized spacial score (nSPS) is 20.0. The van der Waals surface area contributed by atoms with E-state index in [0.717, 1.165) is 25.7 Å². The molecule has 0 bridgehead atoms. The van der Waals surface area contributed by atoms with Gasteiger partial charge in [0.05, 0.1) is 11.2 Å². The molecule has 1 heterocycles. The summed E-state index contributed by atoms with van der Waals surface area (Å²) in [5, 5.41) is 1.22. The second kappa shape index (κ2) is 7.24. The zero-order valence-corrected chi connectivity index (χ0v) is 15.0. The van der Waals surface area contributed by atoms with Crippen LogP contribution in [0.4, 0.5) is 11.4 Å². The maximum atomic E-state index is 10.6. The van der Waals surface area contributed by atoms with Crippen molar-refractivity contribution >= 4 is 28.7 Å². The van der Waals surface area contributed by atoms with Crippen LogP contribution >= 0.6 is 0 Å². The van der Waals surface area contributed by atoms with Crippen LogP contribution in [0.3, 0.4) is 0 Å². The van der Waals surface area contributed by atoms with Crippen molar-refractivity contribution in [2.45, 2.75) is 44.8 Å². The Bertz CT molecular complexity index is 877. The Kier molecular flexibility index (Phi) is 4.65. The van der Waals surface area contributed by atoms with Crippen LogP contribution in [-0.4, -0.2) is 23.6 Å². The number of anilines is 2. The summed E-state index contributed by atoms with van der Waals surface area (Å²) in [5.74, 6) is 0. The lowest BCUT2D eigenvalue weighted by Gasteiger charge is -2.38. The average molecular weight is 348 g/mol. The van der Waals surface area contributed by atoms with Crippen LogP contribution in [0.1, 0.15) is 31.2 Å². The van der Waals surface area contributed by atoms with Crippen LogP contribution in [0.5, 0.6) is 0 Å². The Labute approximate surface area is 153 Å². The van der Waals surface area contributed by atoms with Gasteiger partial charge in [0.25, 0.3) is 6.47 Å². The molecule has 0 saturated heterocycles. The number of carbonyl (C=O) groups is 1. The summed E-state index contributed by atoms with van der Waals surface area (Å²) >= 11 is 0. The Morgan fingerprint density at radius 3 is 2.54 bits per heavy atom. The number of hydrogen-bond donors (Lipinski definition) is 1. The van der Waals surface area contributed by atoms with Gasteiger partial charge in [0.2, 0.25) is 0 Å². The van der Waals surface area contributed by atoms with Crippen molar-refractivity contribution in [1.29, 1.82) is 0 Å². The fourth-order valence-corrected chi connectivity index (χ4v) is 4.04. The first-order chi connectivity index (χ1) is 12.8. The standard InChI is InChI=1S/C22H24N2O2/c1-16-5-7-18(8-6-16)24(19-9-11-20(12-10-19)26-15-25)21-4-2-3-17-13-14-23-22(17)21/h2-8,13-15,19-20,23H,9-12H2,1H3. The molecular formula is C22H24N2O2. The predicted octanol–water partition coefficient (Wildman–Crippen LogP) is 5.10. The Morgan fingerprint density at radius 2 is 1.81 bits per heavy atom. The number of aromatic nitrogens is 1. The van der Waals surface area contributed by atoms with E-state index in [1.807, 2.05) is 6.20 Å². The molecule has 2 aromatic carbocycles. The van der Waals surface area contributed by atoms with Crippen LogP contribution in [-0.2, 0) is 9.53 Å². The Morgan fingerprint density at radius 1 is 1.04 bits per heavy atom. The van der Waals surface area contributed by atoms with E-state index < -0.39 is 0 Å². The summed E-state index contributed by atoms with van der Waals surface area (Å²) in [6.45, 7) is 2.70. The maximum Gasteiger partial charge on any atom is 0.293 e. The van der Waals surface area contributed by atoms with Gasteiger partial charge in [-0.3, -0.25) is 4.79 Å². The van der Waals surface area contributed by atoms with Gasteiger partial charge < -0.3 is 14.6 Å². The predicted molar refractivity (Wildman–Crippen MR) is 105 cm³/mol. The number of H-pyrrole nitrogens is 1. The largest absolute Gasteiger partial charge is 0.465 e. The van der Waals surface area contributed by atoms with Crippen LogP contribution < -0.4 is 4.90 Å². The minimum absolute atomic E-state index is 0.0601. The number of rotatable bonds is 5. The highest BCUT2D eigenvalue weighted by Crippen LogP contribution is 2.38. The molecule has 0 radical (unpaired) electrons. The molecule has 0 atom stereocenters. The number of aromatic amines is 1. The third kappa shape index (κ3) is 3.19. The Hall–Kier alpha value is -2.75. The number of ether oxygens (including phenoxy) is 1. The van der Waals surface area contributed by atoms with E-state index in [2.05, 4.69) is 65.3 Å². The van der Waals surface area contributed by atoms with Gasteiger partial charge in [0.1, 0.15) is 6.10 Å². The van der Waals surface area contributed by atoms with E-state index in [4.69, 9.17) is 4.74 Å². The maximum absolute atomic E-state index is 10.6. The lowest BCUT2D eigenvalue weighted by atomic mass is 9.91. The number of benzene rings is 2. The van der Waals surface area contributed by atoms with Crippen molar-refractivity contribution in [3.05, 3.63) is 60.3 Å². The van der Waals surface area contributed by atoms with Gasteiger partial charge >= 0.3 is 0 Å². The van der Waals surface area contributed by atoms with Gasteiger partial charge in [-0.25, -0.2) is 0 Å². The molecular weight excluding hydrogens is 324 g/mol. The SMILES string of the molecule is Cc1ccc(N(c2cccc3cc[nH]c23)C2CCC(OC=O)CC2)cc1. The molecule has 1 saturated carbocycles. The number of nitrogens with zero attached hydrogens (tertiary/aromatic N) is 1. The molecule has 4 nitrogen and oxygen atoms in total. The first-order valence-corrected chi connectivity index (χ1v) is 9.27. The summed E-state index contributed by atoms with van der Waals surface area (Å²) < 4.78 is 5.19.